The van der Waals surface area contributed by atoms with Crippen molar-refractivity contribution in [2.45, 2.75) is 31.7 Å². The number of benzene rings is 2. The van der Waals surface area contributed by atoms with Gasteiger partial charge in [-0.15, -0.1) is 0 Å². The molecule has 2 atom stereocenters. The fourth-order valence-electron chi connectivity index (χ4n) is 3.09. The molecule has 0 aliphatic heterocycles. The Morgan fingerprint density at radius 2 is 1.90 bits per heavy atom. The summed E-state index contributed by atoms with van der Waals surface area (Å²) in [6, 6.07) is 15.7. The highest BCUT2D eigenvalue weighted by Crippen LogP contribution is 2.43. The van der Waals surface area contributed by atoms with Crippen molar-refractivity contribution in [2.24, 2.45) is 0 Å². The molecule has 0 heterocycles. The van der Waals surface area contributed by atoms with Crippen LogP contribution >= 0.6 is 0 Å². The monoisotopic (exact) mass is 269 g/mol. The molecule has 0 saturated carbocycles. The van der Waals surface area contributed by atoms with E-state index in [2.05, 4.69) is 36.5 Å². The number of hydrogen-bond donors (Lipinski definition) is 1. The first-order valence-corrected chi connectivity index (χ1v) is 7.37. The Labute approximate surface area is 119 Å². The zero-order valence-corrected chi connectivity index (χ0v) is 11.8. The van der Waals surface area contributed by atoms with Gasteiger partial charge in [0.05, 0.1) is 0 Å². The maximum atomic E-state index is 14.1. The summed E-state index contributed by atoms with van der Waals surface area (Å²) in [5.41, 5.74) is 3.56. The predicted molar refractivity (Wildman–Crippen MR) is 80.3 cm³/mol. The minimum Gasteiger partial charge on any atom is -0.309 e. The van der Waals surface area contributed by atoms with Gasteiger partial charge in [0.1, 0.15) is 5.82 Å². The molecular weight excluding hydrogens is 249 g/mol. The van der Waals surface area contributed by atoms with Crippen LogP contribution in [-0.2, 0) is 6.42 Å². The van der Waals surface area contributed by atoms with E-state index in [9.17, 15) is 4.39 Å². The van der Waals surface area contributed by atoms with E-state index in [0.717, 1.165) is 24.9 Å². The van der Waals surface area contributed by atoms with Gasteiger partial charge in [-0.2, -0.15) is 0 Å². The summed E-state index contributed by atoms with van der Waals surface area (Å²) in [5, 5.41) is 3.53. The lowest BCUT2D eigenvalue weighted by Crippen LogP contribution is -2.34. The Morgan fingerprint density at radius 3 is 2.65 bits per heavy atom. The topological polar surface area (TPSA) is 12.0 Å². The van der Waals surface area contributed by atoms with Crippen LogP contribution in [0, 0.1) is 5.82 Å². The maximum absolute atomic E-state index is 14.1. The van der Waals surface area contributed by atoms with Crippen molar-refractivity contribution in [3.8, 4) is 0 Å². The van der Waals surface area contributed by atoms with Crippen LogP contribution in [0.5, 0.6) is 0 Å². The summed E-state index contributed by atoms with van der Waals surface area (Å²) < 4.78 is 14.1. The summed E-state index contributed by atoms with van der Waals surface area (Å²) in [4.78, 5) is 0. The van der Waals surface area contributed by atoms with E-state index in [1.54, 1.807) is 12.1 Å². The van der Waals surface area contributed by atoms with Gasteiger partial charge in [-0.25, -0.2) is 4.39 Å². The summed E-state index contributed by atoms with van der Waals surface area (Å²) >= 11 is 0. The third kappa shape index (κ3) is 2.36. The normalized spacial score (nSPS) is 18.2. The minimum atomic E-state index is -0.106. The lowest BCUT2D eigenvalue weighted by molar-refractivity contribution is 0.398. The number of hydrogen-bond acceptors (Lipinski definition) is 1. The van der Waals surface area contributed by atoms with Crippen molar-refractivity contribution in [2.75, 3.05) is 6.54 Å². The van der Waals surface area contributed by atoms with Crippen molar-refractivity contribution in [3.63, 3.8) is 0 Å². The quantitative estimate of drug-likeness (QED) is 0.857. The van der Waals surface area contributed by atoms with Gasteiger partial charge in [-0.05, 0) is 36.6 Å². The Balaban J connectivity index is 1.91. The largest absolute Gasteiger partial charge is 0.309 e. The van der Waals surface area contributed by atoms with Crippen LogP contribution in [-0.4, -0.2) is 6.54 Å². The van der Waals surface area contributed by atoms with Crippen LogP contribution in [0.4, 0.5) is 4.39 Å². The van der Waals surface area contributed by atoms with Gasteiger partial charge < -0.3 is 5.32 Å². The molecule has 2 aromatic rings. The molecule has 3 rings (SSSR count). The van der Waals surface area contributed by atoms with E-state index in [0.29, 0.717) is 5.92 Å². The molecule has 2 unspecified atom stereocenters. The predicted octanol–water partition coefficient (Wildman–Crippen LogP) is 4.21. The van der Waals surface area contributed by atoms with Crippen molar-refractivity contribution in [1.29, 1.82) is 0 Å². The van der Waals surface area contributed by atoms with Crippen molar-refractivity contribution < 1.29 is 4.39 Å². The summed E-state index contributed by atoms with van der Waals surface area (Å²) in [6.07, 6.45) is 2.09. The molecule has 0 fully saturated rings. The van der Waals surface area contributed by atoms with Gasteiger partial charge in [0.25, 0.3) is 0 Å². The average molecular weight is 269 g/mol. The molecule has 1 nitrogen and oxygen atoms in total. The molecular formula is C18H20FN. The number of halogens is 1. The van der Waals surface area contributed by atoms with Crippen LogP contribution in [0.3, 0.4) is 0 Å². The van der Waals surface area contributed by atoms with Gasteiger partial charge >= 0.3 is 0 Å². The summed E-state index contributed by atoms with van der Waals surface area (Å²) in [5.74, 6) is 0.278. The Morgan fingerprint density at radius 1 is 1.15 bits per heavy atom. The maximum Gasteiger partial charge on any atom is 0.128 e. The third-order valence-corrected chi connectivity index (χ3v) is 4.15. The molecule has 0 saturated heterocycles. The first-order chi connectivity index (χ1) is 9.81. The lowest BCUT2D eigenvalue weighted by atomic mass is 9.71. The second kappa shape index (κ2) is 5.76. The first kappa shape index (κ1) is 13.3. The fraction of sp³-hybridized carbons (Fsp3) is 0.333. The molecule has 20 heavy (non-hydrogen) atoms. The highest BCUT2D eigenvalue weighted by molar-refractivity contribution is 5.43. The van der Waals surface area contributed by atoms with Crippen LogP contribution in [0.25, 0.3) is 0 Å². The molecule has 1 N–H and O–H groups in total. The smallest absolute Gasteiger partial charge is 0.128 e. The zero-order chi connectivity index (χ0) is 13.9. The van der Waals surface area contributed by atoms with Gasteiger partial charge in [-0.3, -0.25) is 0 Å². The van der Waals surface area contributed by atoms with E-state index in [1.807, 2.05) is 12.1 Å². The van der Waals surface area contributed by atoms with Gasteiger partial charge in [0.15, 0.2) is 0 Å². The molecule has 2 heteroatoms. The van der Waals surface area contributed by atoms with Crippen molar-refractivity contribution in [1.82, 2.24) is 5.32 Å². The zero-order valence-electron chi connectivity index (χ0n) is 11.8. The van der Waals surface area contributed by atoms with E-state index in [-0.39, 0.29) is 11.9 Å². The van der Waals surface area contributed by atoms with E-state index >= 15 is 0 Å². The molecule has 0 bridgehead atoms. The molecule has 0 spiro atoms. The average Bonchev–Trinajstić information content (AvgIpc) is 2.45. The third-order valence-electron chi connectivity index (χ3n) is 4.15. The lowest BCUT2D eigenvalue weighted by Gasteiger charge is -2.37. The summed E-state index contributed by atoms with van der Waals surface area (Å²) in [7, 11) is 0. The fourth-order valence-corrected chi connectivity index (χ4v) is 3.09. The molecule has 104 valence electrons. The highest BCUT2D eigenvalue weighted by atomic mass is 19.1. The van der Waals surface area contributed by atoms with Crippen LogP contribution in [0.2, 0.25) is 0 Å². The minimum absolute atomic E-state index is 0.0750. The van der Waals surface area contributed by atoms with Crippen LogP contribution < -0.4 is 5.32 Å². The SMILES string of the molecule is CCCNC(c1ccccc1F)C1Cc2ccccc21. The van der Waals surface area contributed by atoms with E-state index < -0.39 is 0 Å². The number of rotatable bonds is 5. The van der Waals surface area contributed by atoms with Gasteiger partial charge in [0, 0.05) is 17.5 Å². The molecule has 0 radical (unpaired) electrons. The molecule has 1 aliphatic rings. The van der Waals surface area contributed by atoms with Crippen LogP contribution in [0.1, 0.15) is 42.0 Å². The van der Waals surface area contributed by atoms with Gasteiger partial charge in [-0.1, -0.05) is 49.4 Å². The Kier molecular flexibility index (Phi) is 3.83. The number of fused-ring (bicyclic) bond motifs is 1. The second-order valence-corrected chi connectivity index (χ2v) is 5.46. The molecule has 1 aliphatic carbocycles. The molecule has 0 amide bonds. The van der Waals surface area contributed by atoms with Crippen molar-refractivity contribution in [3.05, 3.63) is 71.0 Å². The summed E-state index contributed by atoms with van der Waals surface area (Å²) in [6.45, 7) is 3.05. The number of nitrogens with one attached hydrogen (secondary N) is 1. The van der Waals surface area contributed by atoms with Crippen molar-refractivity contribution >= 4 is 0 Å². The first-order valence-electron chi connectivity index (χ1n) is 7.37. The van der Waals surface area contributed by atoms with E-state index in [1.165, 1.54) is 11.1 Å². The Bertz CT molecular complexity index is 593. The molecule has 0 aromatic heterocycles. The van der Waals surface area contributed by atoms with E-state index in [4.69, 9.17) is 0 Å². The standard InChI is InChI=1S/C18H20FN/c1-2-11-20-18(15-9-5-6-10-17(15)19)16-12-13-7-3-4-8-14(13)16/h3-10,16,18,20H,2,11-12H2,1H3. The second-order valence-electron chi connectivity index (χ2n) is 5.46. The van der Waals surface area contributed by atoms with Crippen LogP contribution in [0.15, 0.2) is 48.5 Å². The highest BCUT2D eigenvalue weighted by Gasteiger charge is 2.34. The van der Waals surface area contributed by atoms with Gasteiger partial charge in [0.2, 0.25) is 0 Å². The Hall–Kier alpha value is -1.67. The molecule has 2 aromatic carbocycles.